The van der Waals surface area contributed by atoms with Gasteiger partial charge in [-0.15, -0.1) is 0 Å². The normalized spacial score (nSPS) is 17.3. The van der Waals surface area contributed by atoms with E-state index in [1.807, 2.05) is 7.05 Å². The van der Waals surface area contributed by atoms with Crippen LogP contribution in [-0.4, -0.2) is 54.1 Å². The van der Waals surface area contributed by atoms with Gasteiger partial charge in [-0.3, -0.25) is 4.79 Å². The van der Waals surface area contributed by atoms with Crippen molar-refractivity contribution in [3.63, 3.8) is 0 Å². The number of aliphatic hydroxyl groups is 1. The first-order chi connectivity index (χ1) is 15.8. The van der Waals surface area contributed by atoms with Gasteiger partial charge in [0.15, 0.2) is 5.78 Å². The van der Waals surface area contributed by atoms with E-state index in [0.717, 1.165) is 11.3 Å². The van der Waals surface area contributed by atoms with Crippen LogP contribution in [0.25, 0.3) is 0 Å². The summed E-state index contributed by atoms with van der Waals surface area (Å²) in [4.78, 5) is 29.3. The number of fused-ring (bicyclic) bond motifs is 1. The van der Waals surface area contributed by atoms with Crippen molar-refractivity contribution >= 4 is 17.5 Å². The number of amides is 2. The fourth-order valence-electron chi connectivity index (χ4n) is 4.92. The lowest BCUT2D eigenvalue weighted by Gasteiger charge is -2.50. The number of halogens is 2. The van der Waals surface area contributed by atoms with Gasteiger partial charge in [-0.2, -0.15) is 0 Å². The second-order valence-corrected chi connectivity index (χ2v) is 8.94. The number of likely N-dealkylation sites (tertiary alicyclic amines) is 1. The Morgan fingerprint density at radius 1 is 1.15 bits per heavy atom. The number of carbonyl (C=O) groups excluding carboxylic acids is 2. The van der Waals surface area contributed by atoms with Gasteiger partial charge in [0.05, 0.1) is 5.54 Å². The summed E-state index contributed by atoms with van der Waals surface area (Å²) in [6.07, 6.45) is 2.52. The number of rotatable bonds is 5. The third kappa shape index (κ3) is 4.71. The Balaban J connectivity index is 1.36. The first kappa shape index (κ1) is 23.2. The minimum absolute atomic E-state index is 0.000112. The van der Waals surface area contributed by atoms with Gasteiger partial charge in [0, 0.05) is 51.0 Å². The molecule has 4 rings (SSSR count). The average Bonchev–Trinajstić information content (AvgIpc) is 2.81. The van der Waals surface area contributed by atoms with E-state index in [-0.39, 0.29) is 36.3 Å². The number of hydrogen-bond acceptors (Lipinski definition) is 4. The van der Waals surface area contributed by atoms with Gasteiger partial charge in [0.2, 0.25) is 0 Å². The summed E-state index contributed by atoms with van der Waals surface area (Å²) in [7, 11) is 1.93. The fourth-order valence-corrected chi connectivity index (χ4v) is 4.92. The van der Waals surface area contributed by atoms with Crippen LogP contribution in [0.4, 0.5) is 19.3 Å². The van der Waals surface area contributed by atoms with Crippen molar-refractivity contribution in [1.82, 2.24) is 10.2 Å². The molecule has 1 fully saturated rings. The molecule has 6 nitrogen and oxygen atoms in total. The fraction of sp³-hybridized carbons (Fsp3) is 0.440. The van der Waals surface area contributed by atoms with Gasteiger partial charge in [0.25, 0.3) is 0 Å². The van der Waals surface area contributed by atoms with Crippen LogP contribution >= 0.6 is 0 Å². The van der Waals surface area contributed by atoms with Crippen molar-refractivity contribution in [3.05, 3.63) is 64.7 Å². The van der Waals surface area contributed by atoms with Crippen LogP contribution in [0.1, 0.15) is 47.2 Å². The molecule has 2 N–H and O–H groups in total. The van der Waals surface area contributed by atoms with E-state index in [9.17, 15) is 18.4 Å². The molecular formula is C25H29F2N3O3. The maximum absolute atomic E-state index is 13.9. The zero-order valence-electron chi connectivity index (χ0n) is 18.7. The molecule has 1 spiro atoms. The molecule has 1 saturated heterocycles. The summed E-state index contributed by atoms with van der Waals surface area (Å²) in [6, 6.07) is 8.88. The van der Waals surface area contributed by atoms with Crippen molar-refractivity contribution in [1.29, 1.82) is 0 Å². The summed E-state index contributed by atoms with van der Waals surface area (Å²) >= 11 is 0. The predicted octanol–water partition coefficient (Wildman–Crippen LogP) is 3.66. The standard InChI is InChI=1S/C25H29F2N3O3/c1-29-22-7-5-19(26)14-20(22)23(32)15-25(29)8-10-30(11-9-25)24(33)28-16-17-4-6-21(27)18(13-17)3-2-12-31/h4-7,13-14,31H,2-3,8-12,15-16H2,1H3,(H,28,33). The molecule has 0 radical (unpaired) electrons. The number of benzene rings is 2. The third-order valence-corrected chi connectivity index (χ3v) is 6.96. The van der Waals surface area contributed by atoms with Crippen LogP contribution in [0.15, 0.2) is 36.4 Å². The molecule has 8 heteroatoms. The third-order valence-electron chi connectivity index (χ3n) is 6.96. The monoisotopic (exact) mass is 457 g/mol. The highest BCUT2D eigenvalue weighted by Gasteiger charge is 2.45. The van der Waals surface area contributed by atoms with E-state index in [1.165, 1.54) is 18.2 Å². The van der Waals surface area contributed by atoms with Crippen LogP contribution in [0, 0.1) is 11.6 Å². The lowest BCUT2D eigenvalue weighted by atomic mass is 9.77. The Morgan fingerprint density at radius 2 is 1.91 bits per heavy atom. The van der Waals surface area contributed by atoms with Crippen LogP contribution in [-0.2, 0) is 13.0 Å². The van der Waals surface area contributed by atoms with Crippen LogP contribution in [0.3, 0.4) is 0 Å². The molecule has 2 amide bonds. The van der Waals surface area contributed by atoms with E-state index < -0.39 is 5.82 Å². The molecule has 0 saturated carbocycles. The Labute approximate surface area is 192 Å². The molecule has 0 unspecified atom stereocenters. The SMILES string of the molecule is CN1c2ccc(F)cc2C(=O)CC12CCN(C(=O)NCc1ccc(F)c(CCCO)c1)CC2. The number of Topliss-reactive ketones (excluding diaryl/α,β-unsaturated/α-hetero) is 1. The summed E-state index contributed by atoms with van der Waals surface area (Å²) < 4.78 is 27.5. The minimum atomic E-state index is -0.417. The second kappa shape index (κ2) is 9.47. The van der Waals surface area contributed by atoms with Gasteiger partial charge in [0.1, 0.15) is 11.6 Å². The highest BCUT2D eigenvalue weighted by atomic mass is 19.1. The predicted molar refractivity (Wildman–Crippen MR) is 121 cm³/mol. The molecule has 176 valence electrons. The topological polar surface area (TPSA) is 72.9 Å². The molecular weight excluding hydrogens is 428 g/mol. The van der Waals surface area contributed by atoms with Crippen molar-refractivity contribution in [3.8, 4) is 0 Å². The molecule has 2 aliphatic heterocycles. The van der Waals surface area contributed by atoms with Gasteiger partial charge in [-0.25, -0.2) is 13.6 Å². The number of piperidine rings is 1. The summed E-state index contributed by atoms with van der Waals surface area (Å²) in [5, 5.41) is 11.9. The molecule has 2 aliphatic rings. The smallest absolute Gasteiger partial charge is 0.317 e. The van der Waals surface area contributed by atoms with Gasteiger partial charge >= 0.3 is 6.03 Å². The maximum atomic E-state index is 13.9. The first-order valence-electron chi connectivity index (χ1n) is 11.3. The number of aryl methyl sites for hydroxylation is 1. The summed E-state index contributed by atoms with van der Waals surface area (Å²) in [5.41, 5.74) is 2.10. The maximum Gasteiger partial charge on any atom is 0.317 e. The molecule has 2 heterocycles. The Bertz CT molecular complexity index is 1050. The van der Waals surface area contributed by atoms with Crippen molar-refractivity contribution < 1.29 is 23.5 Å². The van der Waals surface area contributed by atoms with Crippen molar-refractivity contribution in [2.24, 2.45) is 0 Å². The summed E-state index contributed by atoms with van der Waals surface area (Å²) in [5.74, 6) is -0.788. The Morgan fingerprint density at radius 3 is 2.64 bits per heavy atom. The number of nitrogens with one attached hydrogen (secondary N) is 1. The Hall–Kier alpha value is -3.00. The number of urea groups is 1. The number of carbonyl (C=O) groups is 2. The lowest BCUT2D eigenvalue weighted by molar-refractivity contribution is 0.0890. The molecule has 2 aromatic carbocycles. The lowest BCUT2D eigenvalue weighted by Crippen LogP contribution is -2.59. The van der Waals surface area contributed by atoms with E-state index in [0.29, 0.717) is 56.3 Å². The molecule has 33 heavy (non-hydrogen) atoms. The van der Waals surface area contributed by atoms with E-state index in [4.69, 9.17) is 5.11 Å². The van der Waals surface area contributed by atoms with Gasteiger partial charge in [-0.1, -0.05) is 12.1 Å². The average molecular weight is 458 g/mol. The van der Waals surface area contributed by atoms with Crippen LogP contribution in [0.5, 0.6) is 0 Å². The minimum Gasteiger partial charge on any atom is -0.396 e. The highest BCUT2D eigenvalue weighted by Crippen LogP contribution is 2.41. The van der Waals surface area contributed by atoms with E-state index >= 15 is 0 Å². The molecule has 0 aromatic heterocycles. The molecule has 0 aliphatic carbocycles. The number of aliphatic hydroxyl groups excluding tert-OH is 1. The zero-order valence-corrected chi connectivity index (χ0v) is 18.7. The zero-order chi connectivity index (χ0) is 23.6. The number of ketones is 1. The number of nitrogens with zero attached hydrogens (tertiary/aromatic N) is 2. The largest absolute Gasteiger partial charge is 0.396 e. The number of anilines is 1. The number of hydrogen-bond donors (Lipinski definition) is 2. The quantitative estimate of drug-likeness (QED) is 0.719. The molecule has 2 aromatic rings. The van der Waals surface area contributed by atoms with E-state index in [2.05, 4.69) is 10.2 Å². The molecule has 0 bridgehead atoms. The van der Waals surface area contributed by atoms with Crippen molar-refractivity contribution in [2.45, 2.75) is 44.2 Å². The van der Waals surface area contributed by atoms with Crippen LogP contribution in [0.2, 0.25) is 0 Å². The Kier molecular flexibility index (Phi) is 6.65. The van der Waals surface area contributed by atoms with Gasteiger partial charge in [-0.05, 0) is 61.1 Å². The molecule has 0 atom stereocenters. The van der Waals surface area contributed by atoms with Gasteiger partial charge < -0.3 is 20.2 Å². The van der Waals surface area contributed by atoms with E-state index in [1.54, 1.807) is 23.1 Å². The van der Waals surface area contributed by atoms with Crippen molar-refractivity contribution in [2.75, 3.05) is 31.6 Å². The summed E-state index contributed by atoms with van der Waals surface area (Å²) in [6.45, 7) is 1.29. The van der Waals surface area contributed by atoms with Crippen LogP contribution < -0.4 is 10.2 Å². The second-order valence-electron chi connectivity index (χ2n) is 8.94. The first-order valence-corrected chi connectivity index (χ1v) is 11.3. The highest BCUT2D eigenvalue weighted by molar-refractivity contribution is 6.04.